The van der Waals surface area contributed by atoms with Gasteiger partial charge in [-0.15, -0.1) is 0 Å². The van der Waals surface area contributed by atoms with Gasteiger partial charge in [0.2, 0.25) is 0 Å². The third-order valence-corrected chi connectivity index (χ3v) is 0.815. The molecule has 0 radical (unpaired) electrons. The highest BCUT2D eigenvalue weighted by Gasteiger charge is 1.81. The molecule has 54 valence electrons. The van der Waals surface area contributed by atoms with Gasteiger partial charge in [0.1, 0.15) is 13.1 Å². The predicted octanol–water partition coefficient (Wildman–Crippen LogP) is -1.03. The van der Waals surface area contributed by atoms with Crippen molar-refractivity contribution in [1.82, 2.24) is 0 Å². The molecule has 0 aromatic heterocycles. The van der Waals surface area contributed by atoms with Gasteiger partial charge in [0.15, 0.2) is 0 Å². The number of quaternary nitrogens is 1. The van der Waals surface area contributed by atoms with Gasteiger partial charge in [0.25, 0.3) is 0 Å². The maximum Gasteiger partial charge on any atom is 0.120 e. The SMILES string of the molecule is C=O.C[NH2+]CCCC=O. The first-order chi connectivity index (χ1) is 4.41. The molecule has 0 atom stereocenters. The summed E-state index contributed by atoms with van der Waals surface area (Å²) in [4.78, 5) is 17.7. The maximum absolute atomic E-state index is 9.67. The van der Waals surface area contributed by atoms with Crippen molar-refractivity contribution in [3.05, 3.63) is 0 Å². The Hall–Kier alpha value is -0.700. The molecule has 0 aromatic rings. The van der Waals surface area contributed by atoms with Gasteiger partial charge in [-0.3, -0.25) is 0 Å². The molecule has 9 heavy (non-hydrogen) atoms. The number of nitrogens with two attached hydrogens (primary N) is 1. The average molecular weight is 132 g/mol. The fourth-order valence-electron chi connectivity index (χ4n) is 0.405. The van der Waals surface area contributed by atoms with E-state index in [2.05, 4.69) is 5.32 Å². The number of unbranched alkanes of at least 4 members (excludes halogenated alkanes) is 1. The molecular formula is C6H14NO2+. The summed E-state index contributed by atoms with van der Waals surface area (Å²) in [7, 11) is 2.00. The quantitative estimate of drug-likeness (QED) is 0.393. The van der Waals surface area contributed by atoms with Gasteiger partial charge in [0, 0.05) is 12.8 Å². The molecule has 3 heteroatoms. The van der Waals surface area contributed by atoms with Crippen molar-refractivity contribution in [3.63, 3.8) is 0 Å². The lowest BCUT2D eigenvalue weighted by Gasteiger charge is -1.86. The Morgan fingerprint density at radius 3 is 2.44 bits per heavy atom. The van der Waals surface area contributed by atoms with Crippen LogP contribution in [0.15, 0.2) is 0 Å². The van der Waals surface area contributed by atoms with E-state index in [1.807, 2.05) is 13.8 Å². The Morgan fingerprint density at radius 2 is 2.11 bits per heavy atom. The summed E-state index contributed by atoms with van der Waals surface area (Å²) in [6, 6.07) is 0. The van der Waals surface area contributed by atoms with Crippen molar-refractivity contribution in [2.75, 3.05) is 13.6 Å². The second kappa shape index (κ2) is 15.7. The van der Waals surface area contributed by atoms with Crippen LogP contribution in [0.1, 0.15) is 12.8 Å². The van der Waals surface area contributed by atoms with Crippen LogP contribution in [-0.2, 0) is 9.59 Å². The molecule has 0 heterocycles. The normalized spacial score (nSPS) is 7.22. The Balaban J connectivity index is 0. The minimum absolute atomic E-state index is 0.713. The third-order valence-electron chi connectivity index (χ3n) is 0.815. The standard InChI is InChI=1S/C5H11NO.CH2O/c1-6-4-2-3-5-7;1-2/h5-6H,2-4H2,1H3;1H2/p+1. The van der Waals surface area contributed by atoms with Gasteiger partial charge in [0.05, 0.1) is 13.6 Å². The van der Waals surface area contributed by atoms with Gasteiger partial charge in [-0.05, 0) is 0 Å². The van der Waals surface area contributed by atoms with Crippen molar-refractivity contribution in [2.24, 2.45) is 0 Å². The number of rotatable bonds is 4. The van der Waals surface area contributed by atoms with Crippen LogP contribution >= 0.6 is 0 Å². The van der Waals surface area contributed by atoms with Crippen molar-refractivity contribution in [1.29, 1.82) is 0 Å². The molecule has 0 fully saturated rings. The number of hydrogen-bond donors (Lipinski definition) is 1. The monoisotopic (exact) mass is 132 g/mol. The fraction of sp³-hybridized carbons (Fsp3) is 0.667. The first-order valence-electron chi connectivity index (χ1n) is 2.92. The summed E-state index contributed by atoms with van der Waals surface area (Å²) in [6.07, 6.45) is 2.69. The molecule has 0 aromatic carbocycles. The summed E-state index contributed by atoms with van der Waals surface area (Å²) in [5.41, 5.74) is 0. The summed E-state index contributed by atoms with van der Waals surface area (Å²) in [5, 5.41) is 2.07. The first-order valence-corrected chi connectivity index (χ1v) is 2.92. The van der Waals surface area contributed by atoms with Crippen LogP contribution in [0.4, 0.5) is 0 Å². The molecule has 3 nitrogen and oxygen atoms in total. The Morgan fingerprint density at radius 1 is 1.56 bits per heavy atom. The minimum Gasteiger partial charge on any atom is -0.349 e. The molecule has 0 saturated carbocycles. The van der Waals surface area contributed by atoms with Crippen molar-refractivity contribution in [2.45, 2.75) is 12.8 Å². The molecule has 0 aliphatic heterocycles. The van der Waals surface area contributed by atoms with Crippen LogP contribution in [-0.4, -0.2) is 26.7 Å². The van der Waals surface area contributed by atoms with Crippen molar-refractivity contribution >= 4 is 13.1 Å². The molecule has 0 unspecified atom stereocenters. The Kier molecular flexibility index (Phi) is 19.4. The molecule has 0 spiro atoms. The molecule has 0 aliphatic rings. The smallest absolute Gasteiger partial charge is 0.120 e. The number of carbonyl (C=O) groups excluding carboxylic acids is 2. The van der Waals surface area contributed by atoms with E-state index in [1.54, 1.807) is 0 Å². The van der Waals surface area contributed by atoms with Gasteiger partial charge in [-0.25, -0.2) is 0 Å². The summed E-state index contributed by atoms with van der Waals surface area (Å²) in [5.74, 6) is 0. The average Bonchev–Trinajstić information content (AvgIpc) is 1.94. The summed E-state index contributed by atoms with van der Waals surface area (Å²) < 4.78 is 0. The van der Waals surface area contributed by atoms with Crippen LogP contribution in [0.5, 0.6) is 0 Å². The molecule has 0 rings (SSSR count). The third kappa shape index (κ3) is 18.8. The van der Waals surface area contributed by atoms with Crippen LogP contribution in [0.25, 0.3) is 0 Å². The topological polar surface area (TPSA) is 50.8 Å². The zero-order chi connectivity index (χ0) is 7.54. The number of carbonyl (C=O) groups is 2. The van der Waals surface area contributed by atoms with Crippen molar-refractivity contribution < 1.29 is 14.9 Å². The van der Waals surface area contributed by atoms with Gasteiger partial charge in [-0.1, -0.05) is 0 Å². The molecular weight excluding hydrogens is 118 g/mol. The van der Waals surface area contributed by atoms with E-state index >= 15 is 0 Å². The molecule has 0 bridgehead atoms. The molecule has 0 amide bonds. The fourth-order valence-corrected chi connectivity index (χ4v) is 0.405. The van der Waals surface area contributed by atoms with Crippen LogP contribution in [0.3, 0.4) is 0 Å². The molecule has 0 saturated heterocycles. The largest absolute Gasteiger partial charge is 0.349 e. The van der Waals surface area contributed by atoms with E-state index in [0.29, 0.717) is 6.42 Å². The van der Waals surface area contributed by atoms with E-state index < -0.39 is 0 Å². The van der Waals surface area contributed by atoms with E-state index in [4.69, 9.17) is 4.79 Å². The van der Waals surface area contributed by atoms with Gasteiger partial charge < -0.3 is 14.9 Å². The van der Waals surface area contributed by atoms with Crippen LogP contribution in [0.2, 0.25) is 0 Å². The number of aldehydes is 1. The lowest BCUT2D eigenvalue weighted by atomic mass is 10.3. The Labute approximate surface area is 55.4 Å². The summed E-state index contributed by atoms with van der Waals surface area (Å²) >= 11 is 0. The highest BCUT2D eigenvalue weighted by molar-refractivity contribution is 5.48. The van der Waals surface area contributed by atoms with E-state index in [0.717, 1.165) is 19.3 Å². The highest BCUT2D eigenvalue weighted by Crippen LogP contribution is 1.74. The first kappa shape index (κ1) is 11.1. The second-order valence-corrected chi connectivity index (χ2v) is 1.51. The van der Waals surface area contributed by atoms with Gasteiger partial charge >= 0.3 is 0 Å². The predicted molar refractivity (Wildman–Crippen MR) is 35.1 cm³/mol. The summed E-state index contributed by atoms with van der Waals surface area (Å²) in [6.45, 7) is 3.07. The number of hydrogen-bond acceptors (Lipinski definition) is 2. The second-order valence-electron chi connectivity index (χ2n) is 1.51. The van der Waals surface area contributed by atoms with E-state index in [9.17, 15) is 4.79 Å². The van der Waals surface area contributed by atoms with Crippen LogP contribution in [0, 0.1) is 0 Å². The Bertz CT molecular complexity index is 57.0. The van der Waals surface area contributed by atoms with Crippen molar-refractivity contribution in [3.8, 4) is 0 Å². The maximum atomic E-state index is 9.67. The molecule has 2 N–H and O–H groups in total. The van der Waals surface area contributed by atoms with Gasteiger partial charge in [-0.2, -0.15) is 0 Å². The van der Waals surface area contributed by atoms with E-state index in [-0.39, 0.29) is 0 Å². The zero-order valence-electron chi connectivity index (χ0n) is 5.80. The van der Waals surface area contributed by atoms with E-state index in [1.165, 1.54) is 0 Å². The minimum atomic E-state index is 0.713. The highest BCUT2D eigenvalue weighted by atomic mass is 16.1. The molecule has 0 aliphatic carbocycles. The zero-order valence-corrected chi connectivity index (χ0v) is 5.80. The lowest BCUT2D eigenvalue weighted by molar-refractivity contribution is -0.627. The lowest BCUT2D eigenvalue weighted by Crippen LogP contribution is -2.79. The van der Waals surface area contributed by atoms with Crippen LogP contribution < -0.4 is 5.32 Å².